The number of aryl methyl sites for hydroxylation is 2. The predicted octanol–water partition coefficient (Wildman–Crippen LogP) is 3.59. The number of esters is 1. The maximum atomic E-state index is 12.3. The molecule has 2 heterocycles. The minimum Gasteiger partial charge on any atom is -0.462 e. The Morgan fingerprint density at radius 1 is 1.38 bits per heavy atom. The fraction of sp³-hybridized carbons (Fsp3) is 0.438. The minimum atomic E-state index is -0.432. The topological polar surface area (TPSA) is 73.2 Å². The zero-order valence-corrected chi connectivity index (χ0v) is 15.7. The van der Waals surface area contributed by atoms with Gasteiger partial charge in [0.15, 0.2) is 0 Å². The number of halogens is 1. The minimum absolute atomic E-state index is 0.0288. The molecule has 0 aliphatic heterocycles. The summed E-state index contributed by atoms with van der Waals surface area (Å²) in [6.45, 7) is 7.64. The third-order valence-corrected chi connectivity index (χ3v) is 5.21. The molecule has 0 aromatic carbocycles. The van der Waals surface area contributed by atoms with Crippen molar-refractivity contribution in [2.24, 2.45) is 0 Å². The summed E-state index contributed by atoms with van der Waals surface area (Å²) in [5.41, 5.74) is 1.80. The Hall–Kier alpha value is -1.86. The molecule has 0 spiro atoms. The first-order valence-corrected chi connectivity index (χ1v) is 8.85. The summed E-state index contributed by atoms with van der Waals surface area (Å²) in [4.78, 5) is 25.4. The van der Waals surface area contributed by atoms with Crippen molar-refractivity contribution < 1.29 is 14.3 Å². The molecule has 0 aliphatic carbocycles. The lowest BCUT2D eigenvalue weighted by Gasteiger charge is -2.07. The van der Waals surface area contributed by atoms with Crippen LogP contribution in [0.15, 0.2) is 6.07 Å². The summed E-state index contributed by atoms with van der Waals surface area (Å²) in [7, 11) is 0. The third-order valence-electron chi connectivity index (χ3n) is 3.47. The summed E-state index contributed by atoms with van der Waals surface area (Å²) >= 11 is 7.47. The van der Waals surface area contributed by atoms with Crippen LogP contribution < -0.4 is 5.32 Å². The molecule has 0 atom stereocenters. The number of carbonyl (C=O) groups excluding carboxylic acids is 2. The standard InChI is InChI=1S/C16H20ClN3O3S/c1-5-11-7-12(16(22)23-6-2)15(24-11)18-13(21)8-20-10(4)14(17)9(3)19-20/h7H,5-6,8H2,1-4H3,(H,18,21). The number of hydrogen-bond donors (Lipinski definition) is 1. The Morgan fingerprint density at radius 3 is 2.62 bits per heavy atom. The number of amides is 1. The van der Waals surface area contributed by atoms with Crippen LogP contribution in [0.25, 0.3) is 0 Å². The van der Waals surface area contributed by atoms with E-state index in [4.69, 9.17) is 16.3 Å². The molecule has 8 heteroatoms. The van der Waals surface area contributed by atoms with Crippen LogP contribution in [-0.4, -0.2) is 28.3 Å². The molecule has 6 nitrogen and oxygen atoms in total. The van der Waals surface area contributed by atoms with Crippen LogP contribution in [0.2, 0.25) is 5.02 Å². The van der Waals surface area contributed by atoms with Gasteiger partial charge in [0.1, 0.15) is 11.5 Å². The molecule has 0 fully saturated rings. The van der Waals surface area contributed by atoms with E-state index in [1.807, 2.05) is 6.92 Å². The third kappa shape index (κ3) is 3.96. The van der Waals surface area contributed by atoms with Crippen LogP contribution in [0, 0.1) is 13.8 Å². The van der Waals surface area contributed by atoms with Gasteiger partial charge in [-0.1, -0.05) is 18.5 Å². The Balaban J connectivity index is 2.17. The van der Waals surface area contributed by atoms with E-state index in [2.05, 4.69) is 10.4 Å². The van der Waals surface area contributed by atoms with Gasteiger partial charge < -0.3 is 10.1 Å². The van der Waals surface area contributed by atoms with E-state index in [0.29, 0.717) is 21.3 Å². The summed E-state index contributed by atoms with van der Waals surface area (Å²) in [5.74, 6) is -0.703. The lowest BCUT2D eigenvalue weighted by molar-refractivity contribution is -0.116. The van der Waals surface area contributed by atoms with Gasteiger partial charge in [0, 0.05) is 4.88 Å². The molecule has 1 amide bonds. The summed E-state index contributed by atoms with van der Waals surface area (Å²) in [6.07, 6.45) is 0.778. The molecule has 0 aliphatic rings. The van der Waals surface area contributed by atoms with E-state index in [1.165, 1.54) is 11.3 Å². The van der Waals surface area contributed by atoms with Gasteiger partial charge in [0.05, 0.1) is 28.6 Å². The molecule has 2 rings (SSSR count). The molecule has 130 valence electrons. The predicted molar refractivity (Wildman–Crippen MR) is 95.0 cm³/mol. The molecule has 0 saturated carbocycles. The van der Waals surface area contributed by atoms with Gasteiger partial charge in [0.2, 0.25) is 5.91 Å². The van der Waals surface area contributed by atoms with E-state index in [0.717, 1.165) is 17.0 Å². The van der Waals surface area contributed by atoms with Crippen LogP contribution in [0.4, 0.5) is 5.00 Å². The first-order valence-electron chi connectivity index (χ1n) is 7.66. The smallest absolute Gasteiger partial charge is 0.341 e. The van der Waals surface area contributed by atoms with Gasteiger partial charge in [-0.25, -0.2) is 4.79 Å². The normalized spacial score (nSPS) is 10.7. The van der Waals surface area contributed by atoms with Crippen molar-refractivity contribution in [3.05, 3.63) is 32.9 Å². The highest BCUT2D eigenvalue weighted by Crippen LogP contribution is 2.29. The first-order chi connectivity index (χ1) is 11.4. The molecular formula is C16H20ClN3O3S. The molecular weight excluding hydrogens is 350 g/mol. The van der Waals surface area contributed by atoms with Crippen molar-refractivity contribution in [3.8, 4) is 0 Å². The number of carbonyl (C=O) groups is 2. The second-order valence-electron chi connectivity index (χ2n) is 5.22. The average molecular weight is 370 g/mol. The number of ether oxygens (including phenoxy) is 1. The van der Waals surface area contributed by atoms with E-state index in [-0.39, 0.29) is 19.1 Å². The van der Waals surface area contributed by atoms with Crippen LogP contribution in [0.5, 0.6) is 0 Å². The fourth-order valence-corrected chi connectivity index (χ4v) is 3.34. The van der Waals surface area contributed by atoms with Crippen molar-refractivity contribution in [1.82, 2.24) is 9.78 Å². The zero-order valence-electron chi connectivity index (χ0n) is 14.1. The number of nitrogens with zero attached hydrogens (tertiary/aromatic N) is 2. The van der Waals surface area contributed by atoms with Crippen LogP contribution in [-0.2, 0) is 22.5 Å². The quantitative estimate of drug-likeness (QED) is 0.789. The molecule has 0 unspecified atom stereocenters. The SMILES string of the molecule is CCOC(=O)c1cc(CC)sc1NC(=O)Cn1nc(C)c(Cl)c1C. The molecule has 2 aromatic heterocycles. The van der Waals surface area contributed by atoms with E-state index in [9.17, 15) is 9.59 Å². The second kappa shape index (κ2) is 7.81. The molecule has 24 heavy (non-hydrogen) atoms. The molecule has 0 radical (unpaired) electrons. The lowest BCUT2D eigenvalue weighted by Crippen LogP contribution is -2.21. The van der Waals surface area contributed by atoms with Gasteiger partial charge in [-0.15, -0.1) is 11.3 Å². The summed E-state index contributed by atoms with van der Waals surface area (Å²) in [5, 5.41) is 8.08. The summed E-state index contributed by atoms with van der Waals surface area (Å²) in [6, 6.07) is 1.76. The van der Waals surface area contributed by atoms with Gasteiger partial charge in [-0.3, -0.25) is 9.48 Å². The first kappa shape index (κ1) is 18.5. The van der Waals surface area contributed by atoms with Crippen molar-refractivity contribution in [2.45, 2.75) is 40.7 Å². The number of nitrogens with one attached hydrogen (secondary N) is 1. The highest BCUT2D eigenvalue weighted by molar-refractivity contribution is 7.16. The zero-order chi connectivity index (χ0) is 17.9. The fourth-order valence-electron chi connectivity index (χ4n) is 2.20. The highest BCUT2D eigenvalue weighted by Gasteiger charge is 2.19. The summed E-state index contributed by atoms with van der Waals surface area (Å²) < 4.78 is 6.59. The molecule has 0 saturated heterocycles. The molecule has 0 bridgehead atoms. The van der Waals surface area contributed by atoms with Gasteiger partial charge >= 0.3 is 5.97 Å². The van der Waals surface area contributed by atoms with Gasteiger partial charge in [-0.2, -0.15) is 5.10 Å². The number of thiophene rings is 1. The van der Waals surface area contributed by atoms with Crippen LogP contribution in [0.1, 0.15) is 40.5 Å². The average Bonchev–Trinajstić information content (AvgIpc) is 3.04. The van der Waals surface area contributed by atoms with E-state index < -0.39 is 5.97 Å². The maximum Gasteiger partial charge on any atom is 0.341 e. The monoisotopic (exact) mass is 369 g/mol. The Labute approximate surface area is 149 Å². The van der Waals surface area contributed by atoms with Crippen LogP contribution >= 0.6 is 22.9 Å². The molecule has 1 N–H and O–H groups in total. The van der Waals surface area contributed by atoms with Crippen molar-refractivity contribution in [1.29, 1.82) is 0 Å². The number of anilines is 1. The van der Waals surface area contributed by atoms with Crippen molar-refractivity contribution in [3.63, 3.8) is 0 Å². The Morgan fingerprint density at radius 2 is 2.08 bits per heavy atom. The molecule has 2 aromatic rings. The Bertz CT molecular complexity index is 767. The lowest BCUT2D eigenvalue weighted by atomic mass is 10.2. The van der Waals surface area contributed by atoms with Crippen molar-refractivity contribution >= 4 is 39.8 Å². The van der Waals surface area contributed by atoms with E-state index in [1.54, 1.807) is 31.5 Å². The van der Waals surface area contributed by atoms with Crippen molar-refractivity contribution in [2.75, 3.05) is 11.9 Å². The highest BCUT2D eigenvalue weighted by atomic mass is 35.5. The number of rotatable bonds is 6. The number of hydrogen-bond acceptors (Lipinski definition) is 5. The largest absolute Gasteiger partial charge is 0.462 e. The van der Waals surface area contributed by atoms with Crippen LogP contribution in [0.3, 0.4) is 0 Å². The Kier molecular flexibility index (Phi) is 6.01. The van der Waals surface area contributed by atoms with Gasteiger partial charge in [0.25, 0.3) is 0 Å². The van der Waals surface area contributed by atoms with E-state index >= 15 is 0 Å². The van der Waals surface area contributed by atoms with Gasteiger partial charge in [-0.05, 0) is 33.3 Å². The number of aromatic nitrogens is 2. The maximum absolute atomic E-state index is 12.3. The second-order valence-corrected chi connectivity index (χ2v) is 6.73.